The molecule has 2 aliphatic carbocycles. The number of rotatable bonds is 1. The fourth-order valence-electron chi connectivity index (χ4n) is 3.91. The average molecular weight is 284 g/mol. The summed E-state index contributed by atoms with van der Waals surface area (Å²) in [7, 11) is 0. The summed E-state index contributed by atoms with van der Waals surface area (Å²) in [4.78, 5) is 4.90. The average Bonchev–Trinajstić information content (AvgIpc) is 2.46. The Bertz CT molecular complexity index is 717. The predicted octanol–water partition coefficient (Wildman–Crippen LogP) is 5.27. The van der Waals surface area contributed by atoms with Gasteiger partial charge in [-0.2, -0.15) is 0 Å². The van der Waals surface area contributed by atoms with Crippen LogP contribution in [0, 0.1) is 5.92 Å². The number of pyridine rings is 1. The van der Waals surface area contributed by atoms with Crippen LogP contribution in [0.1, 0.15) is 43.4 Å². The van der Waals surface area contributed by atoms with Gasteiger partial charge in [-0.15, -0.1) is 0 Å². The molecule has 0 saturated carbocycles. The van der Waals surface area contributed by atoms with Crippen molar-refractivity contribution in [3.8, 4) is 0 Å². The molecule has 2 heteroatoms. The summed E-state index contributed by atoms with van der Waals surface area (Å²) >= 11 is 6.74. The van der Waals surface area contributed by atoms with E-state index in [9.17, 15) is 0 Å². The number of para-hydroxylation sites is 1. The maximum Gasteiger partial charge on any atom is 0.0720 e. The van der Waals surface area contributed by atoms with Crippen molar-refractivity contribution in [2.75, 3.05) is 0 Å². The topological polar surface area (TPSA) is 12.9 Å². The molecule has 4 rings (SSSR count). The van der Waals surface area contributed by atoms with Crippen molar-refractivity contribution in [2.24, 2.45) is 5.92 Å². The van der Waals surface area contributed by atoms with E-state index in [1.54, 1.807) is 5.57 Å². The molecule has 102 valence electrons. The largest absolute Gasteiger partial charge is 0.252 e. The van der Waals surface area contributed by atoms with Crippen LogP contribution in [0.2, 0.25) is 5.02 Å². The highest BCUT2D eigenvalue weighted by Gasteiger charge is 2.33. The molecule has 2 atom stereocenters. The summed E-state index contributed by atoms with van der Waals surface area (Å²) in [6.07, 6.45) is 7.13. The summed E-state index contributed by atoms with van der Waals surface area (Å²) in [5.41, 5.74) is 5.21. The van der Waals surface area contributed by atoms with Crippen LogP contribution in [-0.4, -0.2) is 4.98 Å². The summed E-state index contributed by atoms with van der Waals surface area (Å²) in [5, 5.41) is 2.06. The third-order valence-corrected chi connectivity index (χ3v) is 5.24. The van der Waals surface area contributed by atoms with Crippen molar-refractivity contribution in [2.45, 2.75) is 38.5 Å². The second-order valence-corrected chi connectivity index (χ2v) is 6.46. The Morgan fingerprint density at radius 3 is 2.95 bits per heavy atom. The molecule has 2 aliphatic rings. The van der Waals surface area contributed by atoms with Crippen molar-refractivity contribution in [1.29, 1.82) is 0 Å². The van der Waals surface area contributed by atoms with Crippen LogP contribution in [0.3, 0.4) is 0 Å². The van der Waals surface area contributed by atoms with E-state index in [4.69, 9.17) is 16.6 Å². The number of halogens is 1. The van der Waals surface area contributed by atoms with E-state index in [2.05, 4.69) is 25.1 Å². The molecule has 0 amide bonds. The quantitative estimate of drug-likeness (QED) is 0.649. The van der Waals surface area contributed by atoms with E-state index in [0.29, 0.717) is 11.8 Å². The molecular weight excluding hydrogens is 266 g/mol. The van der Waals surface area contributed by atoms with Crippen molar-refractivity contribution in [3.63, 3.8) is 0 Å². The zero-order chi connectivity index (χ0) is 13.7. The third kappa shape index (κ3) is 1.80. The standard InChI is InChI=1S/C18H18ClN/c1-2-11-7-12-9-13(8-11)17-16(10-12)20-15-6-4-3-5-14(15)18(17)19/h3-7,12-13H,2,8-10H2,1H3/t12-,13+/m1/s1. The lowest BCUT2D eigenvalue weighted by Crippen LogP contribution is -2.23. The first-order valence-corrected chi connectivity index (χ1v) is 7.90. The SMILES string of the molecule is CCC1=C[C@H]2Cc3nc4ccccc4c(Cl)c3[C@@H](C1)C2. The lowest BCUT2D eigenvalue weighted by molar-refractivity contribution is 0.428. The molecule has 0 spiro atoms. The molecule has 1 aromatic carbocycles. The van der Waals surface area contributed by atoms with Crippen molar-refractivity contribution >= 4 is 22.5 Å². The van der Waals surface area contributed by atoms with E-state index < -0.39 is 0 Å². The van der Waals surface area contributed by atoms with E-state index in [0.717, 1.165) is 22.3 Å². The maximum absolute atomic E-state index is 6.74. The van der Waals surface area contributed by atoms with E-state index in [1.165, 1.54) is 30.5 Å². The van der Waals surface area contributed by atoms with Crippen LogP contribution in [0.5, 0.6) is 0 Å². The zero-order valence-electron chi connectivity index (χ0n) is 11.7. The summed E-state index contributed by atoms with van der Waals surface area (Å²) in [5.74, 6) is 1.24. The Morgan fingerprint density at radius 1 is 1.25 bits per heavy atom. The van der Waals surface area contributed by atoms with E-state index >= 15 is 0 Å². The number of nitrogens with zero attached hydrogens (tertiary/aromatic N) is 1. The number of allylic oxidation sites excluding steroid dienone is 2. The molecule has 2 bridgehead atoms. The van der Waals surface area contributed by atoms with Crippen LogP contribution >= 0.6 is 11.6 Å². The second kappa shape index (κ2) is 4.60. The van der Waals surface area contributed by atoms with E-state index in [1.807, 2.05) is 12.1 Å². The molecule has 0 saturated heterocycles. The lowest BCUT2D eigenvalue weighted by atomic mass is 9.71. The maximum atomic E-state index is 6.74. The van der Waals surface area contributed by atoms with Gasteiger partial charge in [0.15, 0.2) is 0 Å². The molecule has 0 radical (unpaired) electrons. The van der Waals surface area contributed by atoms with Crippen molar-refractivity contribution in [3.05, 3.63) is 52.2 Å². The van der Waals surface area contributed by atoms with Gasteiger partial charge in [0.25, 0.3) is 0 Å². The van der Waals surface area contributed by atoms with Gasteiger partial charge in [0, 0.05) is 11.1 Å². The van der Waals surface area contributed by atoms with Crippen LogP contribution < -0.4 is 0 Å². The first-order valence-electron chi connectivity index (χ1n) is 7.52. The van der Waals surface area contributed by atoms with Crippen LogP contribution in [0.15, 0.2) is 35.9 Å². The Hall–Kier alpha value is -1.34. The van der Waals surface area contributed by atoms with Gasteiger partial charge in [-0.1, -0.05) is 48.4 Å². The summed E-state index contributed by atoms with van der Waals surface area (Å²) in [6.45, 7) is 2.26. The van der Waals surface area contributed by atoms with Gasteiger partial charge in [-0.05, 0) is 49.1 Å². The van der Waals surface area contributed by atoms with Gasteiger partial charge in [-0.3, -0.25) is 4.98 Å². The first-order chi connectivity index (χ1) is 9.76. The normalized spacial score (nSPS) is 24.4. The van der Waals surface area contributed by atoms with Crippen molar-refractivity contribution in [1.82, 2.24) is 4.98 Å². The van der Waals surface area contributed by atoms with Gasteiger partial charge < -0.3 is 0 Å². The highest BCUT2D eigenvalue weighted by atomic mass is 35.5. The number of hydrogen-bond acceptors (Lipinski definition) is 1. The highest BCUT2D eigenvalue weighted by molar-refractivity contribution is 6.36. The Kier molecular flexibility index (Phi) is 2.85. The molecule has 0 aliphatic heterocycles. The minimum absolute atomic E-state index is 0.577. The first kappa shape index (κ1) is 12.4. The molecule has 0 fully saturated rings. The lowest BCUT2D eigenvalue weighted by Gasteiger charge is -2.35. The predicted molar refractivity (Wildman–Crippen MR) is 84.3 cm³/mol. The number of benzene rings is 1. The smallest absolute Gasteiger partial charge is 0.0720 e. The Labute approximate surface area is 124 Å². The molecule has 0 unspecified atom stereocenters. The number of hydrogen-bond donors (Lipinski definition) is 0. The number of fused-ring (bicyclic) bond motifs is 5. The molecule has 20 heavy (non-hydrogen) atoms. The van der Waals surface area contributed by atoms with E-state index in [-0.39, 0.29) is 0 Å². The molecule has 2 aromatic rings. The van der Waals surface area contributed by atoms with Gasteiger partial charge in [0.2, 0.25) is 0 Å². The Morgan fingerprint density at radius 2 is 2.10 bits per heavy atom. The zero-order valence-corrected chi connectivity index (χ0v) is 12.5. The molecular formula is C18H18ClN. The molecule has 1 aromatic heterocycles. The number of aromatic nitrogens is 1. The van der Waals surface area contributed by atoms with Crippen LogP contribution in [0.25, 0.3) is 10.9 Å². The van der Waals surface area contributed by atoms with Gasteiger partial charge >= 0.3 is 0 Å². The minimum Gasteiger partial charge on any atom is -0.252 e. The van der Waals surface area contributed by atoms with Gasteiger partial charge in [0.1, 0.15) is 0 Å². The summed E-state index contributed by atoms with van der Waals surface area (Å²) < 4.78 is 0. The minimum atomic E-state index is 0.577. The van der Waals surface area contributed by atoms with Crippen LogP contribution in [-0.2, 0) is 6.42 Å². The molecule has 1 nitrogen and oxygen atoms in total. The van der Waals surface area contributed by atoms with Gasteiger partial charge in [-0.25, -0.2) is 0 Å². The molecule has 1 heterocycles. The fraction of sp³-hybridized carbons (Fsp3) is 0.389. The monoisotopic (exact) mass is 283 g/mol. The molecule has 0 N–H and O–H groups in total. The van der Waals surface area contributed by atoms with Gasteiger partial charge in [0.05, 0.1) is 10.5 Å². The van der Waals surface area contributed by atoms with Crippen molar-refractivity contribution < 1.29 is 0 Å². The highest BCUT2D eigenvalue weighted by Crippen LogP contribution is 2.47. The second-order valence-electron chi connectivity index (χ2n) is 6.08. The third-order valence-electron chi connectivity index (χ3n) is 4.83. The fourth-order valence-corrected chi connectivity index (χ4v) is 4.34. The van der Waals surface area contributed by atoms with Crippen LogP contribution in [0.4, 0.5) is 0 Å². The summed E-state index contributed by atoms with van der Waals surface area (Å²) in [6, 6.07) is 8.25. The Balaban J connectivity index is 1.92.